The Labute approximate surface area is 122 Å². The van der Waals surface area contributed by atoms with Crippen molar-refractivity contribution in [1.29, 1.82) is 0 Å². The Hall–Kier alpha value is -2.81. The maximum atomic E-state index is 11.4. The van der Waals surface area contributed by atoms with Gasteiger partial charge in [0.15, 0.2) is 0 Å². The molecule has 3 nitrogen and oxygen atoms in total. The third-order valence-electron chi connectivity index (χ3n) is 3.68. The van der Waals surface area contributed by atoms with Crippen molar-refractivity contribution < 1.29 is 9.21 Å². The summed E-state index contributed by atoms with van der Waals surface area (Å²) in [6.45, 7) is 0. The number of hydrogen-bond donors (Lipinski definition) is 1. The van der Waals surface area contributed by atoms with Crippen molar-refractivity contribution in [2.24, 2.45) is 0 Å². The van der Waals surface area contributed by atoms with Crippen molar-refractivity contribution in [2.75, 3.05) is 5.32 Å². The van der Waals surface area contributed by atoms with E-state index in [1.165, 1.54) is 0 Å². The highest BCUT2D eigenvalue weighted by Gasteiger charge is 2.18. The molecule has 1 aliphatic rings. The van der Waals surface area contributed by atoms with Crippen LogP contribution in [0.3, 0.4) is 0 Å². The van der Waals surface area contributed by atoms with Crippen molar-refractivity contribution in [1.82, 2.24) is 0 Å². The van der Waals surface area contributed by atoms with Crippen LogP contribution in [0.4, 0.5) is 5.69 Å². The van der Waals surface area contributed by atoms with Gasteiger partial charge in [-0.15, -0.1) is 0 Å². The van der Waals surface area contributed by atoms with E-state index >= 15 is 0 Å². The molecule has 1 amide bonds. The van der Waals surface area contributed by atoms with Gasteiger partial charge < -0.3 is 9.73 Å². The molecule has 3 heteroatoms. The summed E-state index contributed by atoms with van der Waals surface area (Å²) in [4.78, 5) is 11.4. The summed E-state index contributed by atoms with van der Waals surface area (Å²) in [5, 5.41) is 2.84. The normalized spacial score (nSPS) is 13.0. The number of carbonyl (C=O) groups excluding carboxylic acids is 1. The molecule has 21 heavy (non-hydrogen) atoms. The van der Waals surface area contributed by atoms with Crippen LogP contribution in [0, 0.1) is 0 Å². The van der Waals surface area contributed by atoms with Crippen LogP contribution in [0.5, 0.6) is 0 Å². The average molecular weight is 275 g/mol. The number of furan rings is 1. The van der Waals surface area contributed by atoms with Gasteiger partial charge >= 0.3 is 0 Å². The number of fused-ring (bicyclic) bond motifs is 1. The number of amides is 1. The second-order valence-electron chi connectivity index (χ2n) is 5.13. The van der Waals surface area contributed by atoms with E-state index in [0.29, 0.717) is 6.42 Å². The number of carbonyl (C=O) groups is 1. The van der Waals surface area contributed by atoms with Crippen molar-refractivity contribution >= 4 is 11.6 Å². The zero-order valence-corrected chi connectivity index (χ0v) is 11.3. The highest BCUT2D eigenvalue weighted by Crippen LogP contribution is 2.32. The molecule has 0 spiro atoms. The predicted molar refractivity (Wildman–Crippen MR) is 81.9 cm³/mol. The Morgan fingerprint density at radius 2 is 1.62 bits per heavy atom. The first-order chi connectivity index (χ1) is 10.3. The third-order valence-corrected chi connectivity index (χ3v) is 3.68. The first-order valence-corrected chi connectivity index (χ1v) is 6.88. The molecule has 2 aromatic carbocycles. The molecule has 0 aliphatic carbocycles. The number of benzene rings is 2. The average Bonchev–Trinajstić information content (AvgIpc) is 3.12. The van der Waals surface area contributed by atoms with E-state index in [4.69, 9.17) is 4.42 Å². The van der Waals surface area contributed by atoms with E-state index in [2.05, 4.69) is 5.32 Å². The zero-order valence-electron chi connectivity index (χ0n) is 11.3. The molecule has 0 bridgehead atoms. The third kappa shape index (κ3) is 2.13. The van der Waals surface area contributed by atoms with Crippen LogP contribution < -0.4 is 5.32 Å². The monoisotopic (exact) mass is 275 g/mol. The van der Waals surface area contributed by atoms with Crippen molar-refractivity contribution in [3.05, 3.63) is 66.2 Å². The summed E-state index contributed by atoms with van der Waals surface area (Å²) >= 11 is 0. The van der Waals surface area contributed by atoms with E-state index in [0.717, 1.165) is 33.9 Å². The largest absolute Gasteiger partial charge is 0.456 e. The minimum Gasteiger partial charge on any atom is -0.456 e. The van der Waals surface area contributed by atoms with Crippen LogP contribution in [0.2, 0.25) is 0 Å². The molecular formula is C18H13NO2. The molecule has 2 heterocycles. The van der Waals surface area contributed by atoms with Crippen molar-refractivity contribution in [3.63, 3.8) is 0 Å². The topological polar surface area (TPSA) is 42.2 Å². The van der Waals surface area contributed by atoms with E-state index in [1.807, 2.05) is 60.7 Å². The first-order valence-electron chi connectivity index (χ1n) is 6.88. The van der Waals surface area contributed by atoms with E-state index in [-0.39, 0.29) is 5.91 Å². The van der Waals surface area contributed by atoms with Gasteiger partial charge in [0.25, 0.3) is 0 Å². The molecule has 0 unspecified atom stereocenters. The summed E-state index contributed by atoms with van der Waals surface area (Å²) in [5.74, 6) is 1.71. The Morgan fingerprint density at radius 1 is 0.857 bits per heavy atom. The van der Waals surface area contributed by atoms with Crippen LogP contribution in [-0.4, -0.2) is 5.91 Å². The lowest BCUT2D eigenvalue weighted by Crippen LogP contribution is -2.03. The molecule has 1 N–H and O–H groups in total. The molecule has 102 valence electrons. The Bertz CT molecular complexity index is 818. The summed E-state index contributed by atoms with van der Waals surface area (Å²) in [5.41, 5.74) is 3.97. The lowest BCUT2D eigenvalue weighted by Gasteiger charge is -2.02. The van der Waals surface area contributed by atoms with Gasteiger partial charge in [0.05, 0.1) is 6.42 Å². The van der Waals surface area contributed by atoms with Crippen LogP contribution in [0.1, 0.15) is 5.56 Å². The molecule has 1 aromatic heterocycles. The van der Waals surface area contributed by atoms with Gasteiger partial charge in [-0.2, -0.15) is 0 Å². The molecule has 4 rings (SSSR count). The lowest BCUT2D eigenvalue weighted by atomic mass is 10.1. The van der Waals surface area contributed by atoms with Gasteiger partial charge in [0, 0.05) is 16.8 Å². The van der Waals surface area contributed by atoms with Crippen LogP contribution in [0.25, 0.3) is 22.6 Å². The molecule has 0 saturated heterocycles. The standard InChI is InChI=1S/C18H13NO2/c20-18-11-14-10-13(6-7-15(14)19-18)17-9-8-16(21-17)12-4-2-1-3-5-12/h1-10H,11H2,(H,19,20). The molecule has 0 radical (unpaired) electrons. The summed E-state index contributed by atoms with van der Waals surface area (Å²) < 4.78 is 5.94. The summed E-state index contributed by atoms with van der Waals surface area (Å²) in [6, 6.07) is 19.9. The number of anilines is 1. The van der Waals surface area contributed by atoms with Gasteiger partial charge in [0.2, 0.25) is 5.91 Å². The molecule has 3 aromatic rings. The van der Waals surface area contributed by atoms with Crippen LogP contribution in [-0.2, 0) is 11.2 Å². The smallest absolute Gasteiger partial charge is 0.228 e. The fourth-order valence-electron chi connectivity index (χ4n) is 2.63. The zero-order chi connectivity index (χ0) is 14.2. The highest BCUT2D eigenvalue weighted by atomic mass is 16.3. The Morgan fingerprint density at radius 3 is 2.43 bits per heavy atom. The second kappa shape index (κ2) is 4.63. The molecule has 0 saturated carbocycles. The Kier molecular flexibility index (Phi) is 2.64. The van der Waals surface area contributed by atoms with Crippen molar-refractivity contribution in [2.45, 2.75) is 6.42 Å². The predicted octanol–water partition coefficient (Wildman–Crippen LogP) is 4.11. The van der Waals surface area contributed by atoms with Gasteiger partial charge in [-0.25, -0.2) is 0 Å². The molecule has 1 aliphatic heterocycles. The number of rotatable bonds is 2. The minimum atomic E-state index is 0.0477. The minimum absolute atomic E-state index is 0.0477. The van der Waals surface area contributed by atoms with E-state index < -0.39 is 0 Å². The van der Waals surface area contributed by atoms with E-state index in [1.54, 1.807) is 0 Å². The van der Waals surface area contributed by atoms with Gasteiger partial charge in [-0.3, -0.25) is 4.79 Å². The maximum absolute atomic E-state index is 11.4. The SMILES string of the molecule is O=C1Cc2cc(-c3ccc(-c4ccccc4)o3)ccc2N1. The number of hydrogen-bond acceptors (Lipinski definition) is 2. The van der Waals surface area contributed by atoms with E-state index in [9.17, 15) is 4.79 Å². The quantitative estimate of drug-likeness (QED) is 0.764. The van der Waals surface area contributed by atoms with Crippen molar-refractivity contribution in [3.8, 4) is 22.6 Å². The molecule has 0 atom stereocenters. The lowest BCUT2D eigenvalue weighted by molar-refractivity contribution is -0.115. The van der Waals surface area contributed by atoms with Gasteiger partial charge in [0.1, 0.15) is 11.5 Å². The fraction of sp³-hybridized carbons (Fsp3) is 0.0556. The Balaban J connectivity index is 1.71. The van der Waals surface area contributed by atoms with Crippen LogP contribution >= 0.6 is 0 Å². The molecular weight excluding hydrogens is 262 g/mol. The van der Waals surface area contributed by atoms with Crippen LogP contribution in [0.15, 0.2) is 65.1 Å². The second-order valence-corrected chi connectivity index (χ2v) is 5.13. The maximum Gasteiger partial charge on any atom is 0.228 e. The summed E-state index contributed by atoms with van der Waals surface area (Å²) in [6.07, 6.45) is 0.440. The van der Waals surface area contributed by atoms with Gasteiger partial charge in [-0.1, -0.05) is 30.3 Å². The first kappa shape index (κ1) is 12.0. The highest BCUT2D eigenvalue weighted by molar-refractivity contribution is 5.99. The fourth-order valence-corrected chi connectivity index (χ4v) is 2.63. The number of nitrogens with one attached hydrogen (secondary N) is 1. The van der Waals surface area contributed by atoms with Gasteiger partial charge in [-0.05, 0) is 35.9 Å². The molecule has 0 fully saturated rings. The summed E-state index contributed by atoms with van der Waals surface area (Å²) in [7, 11) is 0.